The predicted molar refractivity (Wildman–Crippen MR) is 97.4 cm³/mol. The molecule has 2 aromatic carbocycles. The van der Waals surface area contributed by atoms with Crippen LogP contribution in [0.25, 0.3) is 0 Å². The number of carbonyl (C=O) groups excluding carboxylic acids is 2. The number of benzene rings is 2. The van der Waals surface area contributed by atoms with Gasteiger partial charge in [-0.1, -0.05) is 29.8 Å². The number of halogens is 1. The number of nitrogens with one attached hydrogen (secondary N) is 2. The summed E-state index contributed by atoms with van der Waals surface area (Å²) in [4.78, 5) is 24.5. The van der Waals surface area contributed by atoms with E-state index in [0.29, 0.717) is 21.8 Å². The number of aryl methyl sites for hydroxylation is 1. The summed E-state index contributed by atoms with van der Waals surface area (Å²) in [5.74, 6) is -0.324. The van der Waals surface area contributed by atoms with E-state index in [1.165, 1.54) is 6.07 Å². The van der Waals surface area contributed by atoms with Gasteiger partial charge in [-0.3, -0.25) is 14.4 Å². The lowest BCUT2D eigenvalue weighted by Crippen LogP contribution is -2.30. The van der Waals surface area contributed by atoms with Gasteiger partial charge in [-0.05, 0) is 42.3 Å². The number of rotatable bonds is 5. The zero-order valence-corrected chi connectivity index (χ0v) is 15.4. The minimum Gasteiger partial charge on any atom is -0.329 e. The summed E-state index contributed by atoms with van der Waals surface area (Å²) in [5.41, 5.74) is 1.52. The van der Waals surface area contributed by atoms with Crippen molar-refractivity contribution in [3.8, 4) is 0 Å². The lowest BCUT2D eigenvalue weighted by molar-refractivity contribution is -0.125. The number of amides is 3. The Balaban J connectivity index is 1.83. The molecule has 7 nitrogen and oxygen atoms in total. The minimum absolute atomic E-state index is 0.0286. The molecule has 0 bridgehead atoms. The van der Waals surface area contributed by atoms with E-state index in [9.17, 15) is 18.0 Å². The first kappa shape index (κ1) is 18.2. The van der Waals surface area contributed by atoms with Crippen LogP contribution in [0.15, 0.2) is 47.4 Å². The molecule has 1 saturated heterocycles. The number of imide groups is 1. The number of nitrogens with zero attached hydrogens (tertiary/aromatic N) is 1. The van der Waals surface area contributed by atoms with Gasteiger partial charge in [0.2, 0.25) is 5.91 Å². The number of anilines is 1. The molecule has 0 radical (unpaired) electrons. The Morgan fingerprint density at radius 2 is 1.96 bits per heavy atom. The number of carbonyl (C=O) groups is 2. The highest BCUT2D eigenvalue weighted by molar-refractivity contribution is 7.92. The first-order valence-electron chi connectivity index (χ1n) is 7.72. The molecule has 3 amide bonds. The molecule has 0 aromatic heterocycles. The van der Waals surface area contributed by atoms with E-state index in [0.717, 1.165) is 4.90 Å². The van der Waals surface area contributed by atoms with Crippen molar-refractivity contribution in [3.05, 3.63) is 58.6 Å². The van der Waals surface area contributed by atoms with Gasteiger partial charge in [0.1, 0.15) is 0 Å². The van der Waals surface area contributed by atoms with Crippen molar-refractivity contribution in [2.45, 2.75) is 18.4 Å². The fourth-order valence-electron chi connectivity index (χ4n) is 2.60. The van der Waals surface area contributed by atoms with Crippen LogP contribution >= 0.6 is 11.6 Å². The van der Waals surface area contributed by atoms with E-state index in [1.54, 1.807) is 43.3 Å². The molecule has 0 saturated carbocycles. The molecule has 1 heterocycles. The van der Waals surface area contributed by atoms with Crippen LogP contribution in [0.2, 0.25) is 5.02 Å². The van der Waals surface area contributed by atoms with Gasteiger partial charge in [0.15, 0.2) is 0 Å². The zero-order valence-electron chi connectivity index (χ0n) is 13.8. The average molecular weight is 394 g/mol. The van der Waals surface area contributed by atoms with Crippen molar-refractivity contribution < 1.29 is 18.0 Å². The molecule has 26 heavy (non-hydrogen) atoms. The molecule has 0 atom stereocenters. The van der Waals surface area contributed by atoms with E-state index in [4.69, 9.17) is 11.6 Å². The summed E-state index contributed by atoms with van der Waals surface area (Å²) >= 11 is 5.91. The van der Waals surface area contributed by atoms with E-state index in [2.05, 4.69) is 10.0 Å². The Morgan fingerprint density at radius 3 is 2.65 bits per heavy atom. The molecule has 1 fully saturated rings. The summed E-state index contributed by atoms with van der Waals surface area (Å²) < 4.78 is 27.8. The van der Waals surface area contributed by atoms with Gasteiger partial charge < -0.3 is 5.32 Å². The second kappa shape index (κ2) is 6.97. The van der Waals surface area contributed by atoms with Crippen molar-refractivity contribution in [1.82, 2.24) is 10.2 Å². The molecular weight excluding hydrogens is 378 g/mol. The molecule has 0 spiro atoms. The summed E-state index contributed by atoms with van der Waals surface area (Å²) in [6.07, 6.45) is 0. The lowest BCUT2D eigenvalue weighted by Gasteiger charge is -2.14. The second-order valence-corrected chi connectivity index (χ2v) is 7.94. The smallest absolute Gasteiger partial charge is 0.324 e. The number of hydrogen-bond acceptors (Lipinski definition) is 4. The van der Waals surface area contributed by atoms with Crippen molar-refractivity contribution in [3.63, 3.8) is 0 Å². The van der Waals surface area contributed by atoms with Crippen molar-refractivity contribution in [2.24, 2.45) is 0 Å². The SMILES string of the molecule is Cc1ccc(Cl)cc1S(=O)(=O)Nc1cccc(CN2C(=O)CNC2=O)c1. The van der Waals surface area contributed by atoms with E-state index in [1.807, 2.05) is 0 Å². The lowest BCUT2D eigenvalue weighted by atomic mass is 10.2. The quantitative estimate of drug-likeness (QED) is 0.763. The Labute approximate surface area is 156 Å². The largest absolute Gasteiger partial charge is 0.329 e. The van der Waals surface area contributed by atoms with Crippen LogP contribution in [0.1, 0.15) is 11.1 Å². The van der Waals surface area contributed by atoms with E-state index in [-0.39, 0.29) is 23.9 Å². The van der Waals surface area contributed by atoms with Crippen LogP contribution in [0.3, 0.4) is 0 Å². The number of urea groups is 1. The molecule has 3 rings (SSSR count). The highest BCUT2D eigenvalue weighted by atomic mass is 35.5. The maximum Gasteiger partial charge on any atom is 0.324 e. The molecular formula is C17H16ClN3O4S. The van der Waals surface area contributed by atoms with Gasteiger partial charge in [-0.2, -0.15) is 0 Å². The summed E-state index contributed by atoms with van der Waals surface area (Å²) in [7, 11) is -3.83. The first-order valence-corrected chi connectivity index (χ1v) is 9.58. The fourth-order valence-corrected chi connectivity index (χ4v) is 4.16. The van der Waals surface area contributed by atoms with Gasteiger partial charge in [-0.25, -0.2) is 13.2 Å². The molecule has 0 unspecified atom stereocenters. The topological polar surface area (TPSA) is 95.6 Å². The standard InChI is InChI=1S/C17H16ClN3O4S/c1-11-5-6-13(18)8-15(11)26(24,25)20-14-4-2-3-12(7-14)10-21-16(22)9-19-17(21)23/h2-8,20H,9-10H2,1H3,(H,19,23). The Hall–Kier alpha value is -2.58. The van der Waals surface area contributed by atoms with Gasteiger partial charge >= 0.3 is 6.03 Å². The minimum atomic E-state index is -3.83. The third-order valence-electron chi connectivity index (χ3n) is 3.90. The summed E-state index contributed by atoms with van der Waals surface area (Å²) in [6, 6.07) is 10.7. The molecule has 1 aliphatic heterocycles. The van der Waals surface area contributed by atoms with Crippen LogP contribution in [-0.4, -0.2) is 31.8 Å². The normalized spacial score (nSPS) is 14.5. The van der Waals surface area contributed by atoms with Crippen LogP contribution < -0.4 is 10.0 Å². The summed E-state index contributed by atoms with van der Waals surface area (Å²) in [5, 5.41) is 2.76. The predicted octanol–water partition coefficient (Wildman–Crippen LogP) is 2.50. The van der Waals surface area contributed by atoms with Gasteiger partial charge in [0, 0.05) is 10.7 Å². The van der Waals surface area contributed by atoms with Gasteiger partial charge in [0.05, 0.1) is 18.0 Å². The average Bonchev–Trinajstić information content (AvgIpc) is 2.89. The Morgan fingerprint density at radius 1 is 1.19 bits per heavy atom. The third-order valence-corrected chi connectivity index (χ3v) is 5.66. The monoisotopic (exact) mass is 393 g/mol. The van der Waals surface area contributed by atoms with Gasteiger partial charge in [0.25, 0.3) is 10.0 Å². The van der Waals surface area contributed by atoms with Crippen LogP contribution in [0.4, 0.5) is 10.5 Å². The fraction of sp³-hybridized carbons (Fsp3) is 0.176. The van der Waals surface area contributed by atoms with Gasteiger partial charge in [-0.15, -0.1) is 0 Å². The molecule has 136 valence electrons. The van der Waals surface area contributed by atoms with Crippen molar-refractivity contribution >= 4 is 39.2 Å². The number of sulfonamides is 1. The summed E-state index contributed by atoms with van der Waals surface area (Å²) in [6.45, 7) is 1.72. The Bertz CT molecular complexity index is 975. The maximum atomic E-state index is 12.6. The van der Waals surface area contributed by atoms with Crippen molar-refractivity contribution in [1.29, 1.82) is 0 Å². The van der Waals surface area contributed by atoms with Crippen LogP contribution in [0.5, 0.6) is 0 Å². The Kier molecular flexibility index (Phi) is 4.88. The third kappa shape index (κ3) is 3.81. The van der Waals surface area contributed by atoms with Crippen LogP contribution in [-0.2, 0) is 21.4 Å². The van der Waals surface area contributed by atoms with Crippen molar-refractivity contribution in [2.75, 3.05) is 11.3 Å². The maximum absolute atomic E-state index is 12.6. The second-order valence-electron chi connectivity index (χ2n) is 5.85. The molecule has 1 aliphatic rings. The highest BCUT2D eigenvalue weighted by Gasteiger charge is 2.28. The molecule has 2 N–H and O–H groups in total. The van der Waals surface area contributed by atoms with E-state index >= 15 is 0 Å². The van der Waals surface area contributed by atoms with Crippen LogP contribution in [0, 0.1) is 6.92 Å². The first-order chi connectivity index (χ1) is 12.3. The highest BCUT2D eigenvalue weighted by Crippen LogP contribution is 2.23. The number of hydrogen-bond donors (Lipinski definition) is 2. The molecule has 2 aromatic rings. The molecule has 0 aliphatic carbocycles. The molecule has 9 heteroatoms. The van der Waals surface area contributed by atoms with E-state index < -0.39 is 16.1 Å². The zero-order chi connectivity index (χ0) is 18.9.